The van der Waals surface area contributed by atoms with Crippen molar-refractivity contribution in [2.45, 2.75) is 0 Å². The summed E-state index contributed by atoms with van der Waals surface area (Å²) in [7, 11) is 0. The van der Waals surface area contributed by atoms with E-state index in [2.05, 4.69) is 31.5 Å². The van der Waals surface area contributed by atoms with Gasteiger partial charge in [-0.2, -0.15) is 0 Å². The lowest BCUT2D eigenvalue weighted by atomic mass is 10.2. The molecule has 0 radical (unpaired) electrons. The third-order valence-corrected chi connectivity index (χ3v) is 3.77. The van der Waals surface area contributed by atoms with Crippen molar-refractivity contribution in [3.05, 3.63) is 34.1 Å². The summed E-state index contributed by atoms with van der Waals surface area (Å²) in [4.78, 5) is 14.2. The lowest BCUT2D eigenvalue weighted by Gasteiger charge is -2.27. The number of benzene rings is 1. The highest BCUT2D eigenvalue weighted by atomic mass is 79.9. The number of rotatable bonds is 4. The van der Waals surface area contributed by atoms with Crippen LogP contribution in [0.15, 0.2) is 22.7 Å². The SMILES string of the molecule is Cl.O=C(NCCN1CCNCC1)c1c(F)cccc1Br. The Balaban J connectivity index is 0.00000200. The minimum absolute atomic E-state index is 0. The van der Waals surface area contributed by atoms with Gasteiger partial charge in [0.1, 0.15) is 5.82 Å². The maximum absolute atomic E-state index is 13.6. The molecular weight excluding hydrogens is 349 g/mol. The maximum Gasteiger partial charge on any atom is 0.255 e. The molecule has 0 aliphatic carbocycles. The van der Waals surface area contributed by atoms with Gasteiger partial charge in [-0.25, -0.2) is 4.39 Å². The van der Waals surface area contributed by atoms with Gasteiger partial charge in [0.15, 0.2) is 0 Å². The van der Waals surface area contributed by atoms with Crippen LogP contribution in [-0.4, -0.2) is 50.1 Å². The van der Waals surface area contributed by atoms with Crippen molar-refractivity contribution in [2.75, 3.05) is 39.3 Å². The van der Waals surface area contributed by atoms with Crippen LogP contribution >= 0.6 is 28.3 Å². The Bertz CT molecular complexity index is 435. The summed E-state index contributed by atoms with van der Waals surface area (Å²) in [6.07, 6.45) is 0. The van der Waals surface area contributed by atoms with E-state index in [1.165, 1.54) is 6.07 Å². The van der Waals surface area contributed by atoms with E-state index < -0.39 is 5.82 Å². The summed E-state index contributed by atoms with van der Waals surface area (Å²) >= 11 is 3.20. The van der Waals surface area contributed by atoms with Crippen LogP contribution in [0.5, 0.6) is 0 Å². The zero-order valence-corrected chi connectivity index (χ0v) is 13.4. The van der Waals surface area contributed by atoms with Crippen LogP contribution in [0.3, 0.4) is 0 Å². The number of carbonyl (C=O) groups excluding carboxylic acids is 1. The van der Waals surface area contributed by atoms with Crippen LogP contribution < -0.4 is 10.6 Å². The van der Waals surface area contributed by atoms with Crippen LogP contribution in [0.4, 0.5) is 4.39 Å². The molecule has 2 N–H and O–H groups in total. The van der Waals surface area contributed by atoms with Crippen molar-refractivity contribution in [3.8, 4) is 0 Å². The molecule has 1 aromatic rings. The predicted molar refractivity (Wildman–Crippen MR) is 83.0 cm³/mol. The van der Waals surface area contributed by atoms with Crippen molar-refractivity contribution >= 4 is 34.2 Å². The molecule has 1 fully saturated rings. The first-order valence-corrected chi connectivity index (χ1v) is 7.13. The monoisotopic (exact) mass is 365 g/mol. The van der Waals surface area contributed by atoms with Crippen LogP contribution in [-0.2, 0) is 0 Å². The Labute approximate surface area is 132 Å². The Morgan fingerprint density at radius 1 is 1.40 bits per heavy atom. The van der Waals surface area contributed by atoms with E-state index in [1.54, 1.807) is 12.1 Å². The molecule has 7 heteroatoms. The van der Waals surface area contributed by atoms with Crippen molar-refractivity contribution in [1.29, 1.82) is 0 Å². The largest absolute Gasteiger partial charge is 0.351 e. The van der Waals surface area contributed by atoms with Crippen LogP contribution in [0, 0.1) is 5.82 Å². The third-order valence-electron chi connectivity index (χ3n) is 3.11. The summed E-state index contributed by atoms with van der Waals surface area (Å²) in [6.45, 7) is 5.25. The summed E-state index contributed by atoms with van der Waals surface area (Å²) in [5.41, 5.74) is 0.0720. The first-order chi connectivity index (χ1) is 9.18. The molecule has 0 unspecified atom stereocenters. The Morgan fingerprint density at radius 2 is 2.10 bits per heavy atom. The van der Waals surface area contributed by atoms with Gasteiger partial charge in [-0.3, -0.25) is 9.69 Å². The molecule has 0 aromatic heterocycles. The van der Waals surface area contributed by atoms with Crippen molar-refractivity contribution in [3.63, 3.8) is 0 Å². The Kier molecular flexibility index (Phi) is 7.43. The Hall–Kier alpha value is -0.690. The fourth-order valence-electron chi connectivity index (χ4n) is 2.07. The fourth-order valence-corrected chi connectivity index (χ4v) is 2.59. The average Bonchev–Trinajstić information content (AvgIpc) is 2.40. The number of carbonyl (C=O) groups is 1. The van der Waals surface area contributed by atoms with Gasteiger partial charge in [-0.05, 0) is 28.1 Å². The third kappa shape index (κ3) is 4.70. The van der Waals surface area contributed by atoms with Gasteiger partial charge >= 0.3 is 0 Å². The molecule has 112 valence electrons. The number of piperazine rings is 1. The molecule has 2 rings (SSSR count). The quantitative estimate of drug-likeness (QED) is 0.851. The first kappa shape index (κ1) is 17.4. The van der Waals surface area contributed by atoms with Crippen molar-refractivity contribution in [2.24, 2.45) is 0 Å². The highest BCUT2D eigenvalue weighted by molar-refractivity contribution is 9.10. The summed E-state index contributed by atoms with van der Waals surface area (Å²) < 4.78 is 14.1. The lowest BCUT2D eigenvalue weighted by Crippen LogP contribution is -2.46. The van der Waals surface area contributed by atoms with E-state index in [1.807, 2.05) is 0 Å². The standard InChI is InChI=1S/C13H17BrFN3O.ClH/c14-10-2-1-3-11(15)12(10)13(19)17-6-9-18-7-4-16-5-8-18;/h1-3,16H,4-9H2,(H,17,19);1H. The maximum atomic E-state index is 13.6. The van der Waals surface area contributed by atoms with E-state index in [0.29, 0.717) is 11.0 Å². The molecule has 20 heavy (non-hydrogen) atoms. The summed E-state index contributed by atoms with van der Waals surface area (Å²) in [5.74, 6) is -0.880. The molecule has 1 heterocycles. The number of nitrogens with zero attached hydrogens (tertiary/aromatic N) is 1. The second-order valence-corrected chi connectivity index (χ2v) is 5.30. The second kappa shape index (κ2) is 8.56. The van der Waals surface area contributed by atoms with E-state index in [9.17, 15) is 9.18 Å². The van der Waals surface area contributed by atoms with Gasteiger partial charge in [0.05, 0.1) is 5.56 Å². The number of hydrogen-bond acceptors (Lipinski definition) is 3. The number of halogens is 3. The number of amides is 1. The van der Waals surface area contributed by atoms with Crippen LogP contribution in [0.1, 0.15) is 10.4 Å². The van der Waals surface area contributed by atoms with E-state index >= 15 is 0 Å². The van der Waals surface area contributed by atoms with Crippen molar-refractivity contribution in [1.82, 2.24) is 15.5 Å². The minimum Gasteiger partial charge on any atom is -0.351 e. The van der Waals surface area contributed by atoms with E-state index in [-0.39, 0.29) is 23.9 Å². The molecule has 0 bridgehead atoms. The molecule has 0 atom stereocenters. The van der Waals surface area contributed by atoms with Gasteiger partial charge in [-0.15, -0.1) is 12.4 Å². The molecule has 1 saturated heterocycles. The van der Waals surface area contributed by atoms with E-state index in [0.717, 1.165) is 32.7 Å². The molecule has 0 saturated carbocycles. The van der Waals surface area contributed by atoms with Crippen LogP contribution in [0.2, 0.25) is 0 Å². The second-order valence-electron chi connectivity index (χ2n) is 4.44. The van der Waals surface area contributed by atoms with Crippen LogP contribution in [0.25, 0.3) is 0 Å². The molecule has 1 aliphatic rings. The predicted octanol–water partition coefficient (Wildman–Crippen LogP) is 1.64. The highest BCUT2D eigenvalue weighted by Crippen LogP contribution is 2.19. The number of nitrogens with one attached hydrogen (secondary N) is 2. The number of hydrogen-bond donors (Lipinski definition) is 2. The summed E-state index contributed by atoms with van der Waals surface area (Å²) in [5, 5.41) is 6.03. The Morgan fingerprint density at radius 3 is 2.75 bits per heavy atom. The van der Waals surface area contributed by atoms with Gasteiger partial charge in [0.2, 0.25) is 0 Å². The molecular formula is C13H18BrClFN3O. The molecule has 1 amide bonds. The zero-order valence-electron chi connectivity index (χ0n) is 11.0. The molecule has 4 nitrogen and oxygen atoms in total. The highest BCUT2D eigenvalue weighted by Gasteiger charge is 2.15. The van der Waals surface area contributed by atoms with Crippen molar-refractivity contribution < 1.29 is 9.18 Å². The molecule has 1 aliphatic heterocycles. The topological polar surface area (TPSA) is 44.4 Å². The normalized spacial score (nSPS) is 15.5. The zero-order chi connectivity index (χ0) is 13.7. The molecule has 0 spiro atoms. The van der Waals surface area contributed by atoms with Gasteiger partial charge < -0.3 is 10.6 Å². The molecule has 1 aromatic carbocycles. The fraction of sp³-hybridized carbons (Fsp3) is 0.462. The average molecular weight is 367 g/mol. The van der Waals surface area contributed by atoms with Gasteiger partial charge in [-0.1, -0.05) is 6.07 Å². The van der Waals surface area contributed by atoms with Gasteiger partial charge in [0, 0.05) is 43.7 Å². The van der Waals surface area contributed by atoms with Gasteiger partial charge in [0.25, 0.3) is 5.91 Å². The smallest absolute Gasteiger partial charge is 0.255 e. The minimum atomic E-state index is -0.506. The lowest BCUT2D eigenvalue weighted by molar-refractivity contribution is 0.0942. The van der Waals surface area contributed by atoms with E-state index in [4.69, 9.17) is 0 Å². The first-order valence-electron chi connectivity index (χ1n) is 6.34. The summed E-state index contributed by atoms with van der Waals surface area (Å²) in [6, 6.07) is 4.52.